The van der Waals surface area contributed by atoms with E-state index in [1.54, 1.807) is 24.3 Å². The van der Waals surface area contributed by atoms with Crippen LogP contribution in [0.25, 0.3) is 0 Å². The molecule has 0 aromatic heterocycles. The minimum Gasteiger partial charge on any atom is -0.507 e. The summed E-state index contributed by atoms with van der Waals surface area (Å²) < 4.78 is 13.5. The number of hydrogen-bond acceptors (Lipinski definition) is 5. The van der Waals surface area contributed by atoms with Crippen molar-refractivity contribution in [3.63, 3.8) is 0 Å². The van der Waals surface area contributed by atoms with Crippen molar-refractivity contribution in [1.82, 2.24) is 0 Å². The van der Waals surface area contributed by atoms with Crippen LogP contribution < -0.4 is 4.74 Å². The summed E-state index contributed by atoms with van der Waals surface area (Å²) in [5.41, 5.74) is 2.19. The number of aryl methyl sites for hydroxylation is 1. The van der Waals surface area contributed by atoms with Gasteiger partial charge in [-0.15, -0.1) is 0 Å². The third-order valence-electron chi connectivity index (χ3n) is 9.37. The number of fused-ring (bicyclic) bond motifs is 6. The number of phenols is 2. The maximum Gasteiger partial charge on any atom is 0.340 e. The fraction of sp³-hybridized carbons (Fsp3) is 0.500. The molecule has 242 valence electrons. The first-order chi connectivity index (χ1) is 21.9. The van der Waals surface area contributed by atoms with E-state index in [2.05, 4.69) is 38.8 Å². The zero-order chi connectivity index (χ0) is 31.8. The standard InChI is InChI=1S/C38H46Br2O5/c1-2-3-4-5-6-7-8-9-10-11-12-13-14-15-16-17-20-26-25-31(42)34(40)36-32(26)38(28-22-19-18-21-27(28)37(43)45-38)29-23-24-30(41)33(39)35(29)44-36/h18-19,21-25,41-42H,2-17,20H2,1H3. The summed E-state index contributed by atoms with van der Waals surface area (Å²) in [6, 6.07) is 12.5. The molecule has 0 radical (unpaired) electrons. The quantitative estimate of drug-likeness (QED) is 0.106. The first-order valence-corrected chi connectivity index (χ1v) is 18.6. The van der Waals surface area contributed by atoms with Crippen LogP contribution in [0, 0.1) is 0 Å². The largest absolute Gasteiger partial charge is 0.507 e. The number of ether oxygens (including phenoxy) is 2. The Hall–Kier alpha value is -2.51. The number of hydrogen-bond donors (Lipinski definition) is 2. The van der Waals surface area contributed by atoms with E-state index < -0.39 is 11.6 Å². The summed E-state index contributed by atoms with van der Waals surface area (Å²) in [6.07, 6.45) is 21.6. The molecule has 0 saturated heterocycles. The highest BCUT2D eigenvalue weighted by atomic mass is 79.9. The first-order valence-electron chi connectivity index (χ1n) is 17.0. The van der Waals surface area contributed by atoms with Gasteiger partial charge in [-0.3, -0.25) is 0 Å². The number of benzene rings is 3. The van der Waals surface area contributed by atoms with E-state index >= 15 is 0 Å². The Labute approximate surface area is 285 Å². The first kappa shape index (κ1) is 33.8. The van der Waals surface area contributed by atoms with Crippen molar-refractivity contribution in [2.45, 2.75) is 122 Å². The molecular formula is C38H46Br2O5. The number of rotatable bonds is 17. The Balaban J connectivity index is 1.21. The Morgan fingerprint density at radius 3 is 1.84 bits per heavy atom. The highest BCUT2D eigenvalue weighted by Crippen LogP contribution is 2.61. The van der Waals surface area contributed by atoms with Gasteiger partial charge in [0.1, 0.15) is 20.4 Å². The smallest absolute Gasteiger partial charge is 0.340 e. The molecule has 3 aromatic carbocycles. The Kier molecular flexibility index (Phi) is 11.9. The van der Waals surface area contributed by atoms with Crippen molar-refractivity contribution in [3.8, 4) is 23.0 Å². The van der Waals surface area contributed by atoms with E-state index in [9.17, 15) is 15.0 Å². The van der Waals surface area contributed by atoms with Gasteiger partial charge in [-0.25, -0.2) is 4.79 Å². The van der Waals surface area contributed by atoms with Gasteiger partial charge in [0.15, 0.2) is 17.1 Å². The topological polar surface area (TPSA) is 76.0 Å². The van der Waals surface area contributed by atoms with Crippen molar-refractivity contribution >= 4 is 37.8 Å². The second-order valence-corrected chi connectivity index (χ2v) is 14.2. The number of unbranched alkanes of at least 4 members (excludes halogenated alkanes) is 15. The number of carbonyl (C=O) groups is 1. The molecule has 0 fully saturated rings. The summed E-state index contributed by atoms with van der Waals surface area (Å²) in [7, 11) is 0. The highest BCUT2D eigenvalue weighted by molar-refractivity contribution is 9.11. The van der Waals surface area contributed by atoms with Crippen LogP contribution in [0.1, 0.15) is 142 Å². The molecule has 45 heavy (non-hydrogen) atoms. The lowest BCUT2D eigenvalue weighted by molar-refractivity contribution is 0.0220. The van der Waals surface area contributed by atoms with E-state index in [1.165, 1.54) is 89.9 Å². The van der Waals surface area contributed by atoms with Gasteiger partial charge in [-0.05, 0) is 74.5 Å². The molecule has 0 amide bonds. The van der Waals surface area contributed by atoms with E-state index in [4.69, 9.17) is 9.47 Å². The minimum atomic E-state index is -1.27. The van der Waals surface area contributed by atoms with Crippen molar-refractivity contribution in [1.29, 1.82) is 0 Å². The van der Waals surface area contributed by atoms with Crippen LogP contribution in [-0.2, 0) is 16.8 Å². The average molecular weight is 743 g/mol. The lowest BCUT2D eigenvalue weighted by Gasteiger charge is -2.39. The van der Waals surface area contributed by atoms with Gasteiger partial charge in [0.2, 0.25) is 0 Å². The lowest BCUT2D eigenvalue weighted by Crippen LogP contribution is -2.34. The molecule has 2 heterocycles. The molecule has 1 atom stereocenters. The van der Waals surface area contributed by atoms with E-state index in [1.807, 2.05) is 18.2 Å². The van der Waals surface area contributed by atoms with Gasteiger partial charge in [-0.1, -0.05) is 121 Å². The number of halogens is 2. The van der Waals surface area contributed by atoms with Gasteiger partial charge in [0.05, 0.1) is 11.1 Å². The third kappa shape index (κ3) is 7.25. The van der Waals surface area contributed by atoms with Crippen LogP contribution in [0.5, 0.6) is 23.0 Å². The predicted octanol–water partition coefficient (Wildman–Crippen LogP) is 12.0. The van der Waals surface area contributed by atoms with Gasteiger partial charge < -0.3 is 19.7 Å². The number of phenolic OH excluding ortho intramolecular Hbond substituents is 2. The number of aromatic hydroxyl groups is 2. The zero-order valence-corrected chi connectivity index (χ0v) is 29.6. The second kappa shape index (κ2) is 15.9. The van der Waals surface area contributed by atoms with Gasteiger partial charge in [0, 0.05) is 11.1 Å². The SMILES string of the molecule is CCCCCCCCCCCCCCCCCCc1cc(O)c(Br)c2c1C1(OC(=O)c3ccccc31)c1ccc(O)c(Br)c1O2. The molecular weight excluding hydrogens is 696 g/mol. The summed E-state index contributed by atoms with van der Waals surface area (Å²) in [5, 5.41) is 21.4. The summed E-state index contributed by atoms with van der Waals surface area (Å²) in [4.78, 5) is 13.3. The van der Waals surface area contributed by atoms with Crippen molar-refractivity contribution < 1.29 is 24.5 Å². The number of carbonyl (C=O) groups excluding carboxylic acids is 1. The molecule has 1 unspecified atom stereocenters. The molecule has 7 heteroatoms. The lowest BCUT2D eigenvalue weighted by atomic mass is 9.75. The molecule has 0 aliphatic carbocycles. The molecule has 2 N–H and O–H groups in total. The molecule has 1 spiro atoms. The highest BCUT2D eigenvalue weighted by Gasteiger charge is 2.55. The van der Waals surface area contributed by atoms with Crippen molar-refractivity contribution in [2.75, 3.05) is 0 Å². The monoisotopic (exact) mass is 740 g/mol. The van der Waals surface area contributed by atoms with Crippen LogP contribution in [0.3, 0.4) is 0 Å². The van der Waals surface area contributed by atoms with Crippen LogP contribution in [-0.4, -0.2) is 16.2 Å². The van der Waals surface area contributed by atoms with Crippen LogP contribution >= 0.6 is 31.9 Å². The Morgan fingerprint density at radius 1 is 0.667 bits per heavy atom. The minimum absolute atomic E-state index is 0.00891. The van der Waals surface area contributed by atoms with Gasteiger partial charge in [0.25, 0.3) is 0 Å². The van der Waals surface area contributed by atoms with Crippen molar-refractivity contribution in [2.24, 2.45) is 0 Å². The predicted molar refractivity (Wildman–Crippen MR) is 187 cm³/mol. The van der Waals surface area contributed by atoms with Crippen LogP contribution in [0.2, 0.25) is 0 Å². The maximum absolute atomic E-state index is 13.3. The fourth-order valence-electron chi connectivity index (χ4n) is 6.98. The molecule has 5 nitrogen and oxygen atoms in total. The molecule has 3 aromatic rings. The van der Waals surface area contributed by atoms with Crippen LogP contribution in [0.15, 0.2) is 51.4 Å². The molecule has 2 aliphatic rings. The third-order valence-corrected chi connectivity index (χ3v) is 10.9. The second-order valence-electron chi connectivity index (χ2n) is 12.6. The Bertz CT molecular complexity index is 1490. The van der Waals surface area contributed by atoms with Crippen molar-refractivity contribution in [3.05, 3.63) is 79.2 Å². The Morgan fingerprint density at radius 2 is 1.22 bits per heavy atom. The number of esters is 1. The summed E-state index contributed by atoms with van der Waals surface area (Å²) in [6.45, 7) is 2.27. The van der Waals surface area contributed by atoms with Crippen LogP contribution in [0.4, 0.5) is 0 Å². The zero-order valence-electron chi connectivity index (χ0n) is 26.4. The average Bonchev–Trinajstić information content (AvgIpc) is 3.33. The fourth-order valence-corrected chi connectivity index (χ4v) is 7.80. The van der Waals surface area contributed by atoms with Gasteiger partial charge >= 0.3 is 5.97 Å². The maximum atomic E-state index is 13.3. The molecule has 0 saturated carbocycles. The molecule has 0 bridgehead atoms. The summed E-state index contributed by atoms with van der Waals surface area (Å²) >= 11 is 7.02. The van der Waals surface area contributed by atoms with E-state index in [0.717, 1.165) is 29.5 Å². The van der Waals surface area contributed by atoms with E-state index in [-0.39, 0.29) is 11.5 Å². The summed E-state index contributed by atoms with van der Waals surface area (Å²) in [5.74, 6) is 0.407. The molecule has 2 aliphatic heterocycles. The molecule has 5 rings (SSSR count). The normalized spacial score (nSPS) is 16.3. The van der Waals surface area contributed by atoms with E-state index in [0.29, 0.717) is 38.0 Å². The van der Waals surface area contributed by atoms with Gasteiger partial charge in [-0.2, -0.15) is 0 Å².